The molecule has 1 saturated heterocycles. The number of hydrogen-bond acceptors (Lipinski definition) is 5. The van der Waals surface area contributed by atoms with E-state index in [4.69, 9.17) is 4.52 Å². The van der Waals surface area contributed by atoms with Gasteiger partial charge in [0.25, 0.3) is 0 Å². The molecule has 2 aromatic rings. The van der Waals surface area contributed by atoms with Crippen LogP contribution in [-0.4, -0.2) is 47.7 Å². The van der Waals surface area contributed by atoms with Gasteiger partial charge in [0, 0.05) is 24.5 Å². The highest BCUT2D eigenvalue weighted by atomic mass is 32.1. The third-order valence-corrected chi connectivity index (χ3v) is 5.30. The monoisotopic (exact) mass is 348 g/mol. The van der Waals surface area contributed by atoms with Gasteiger partial charge in [-0.3, -0.25) is 4.90 Å². The maximum Gasteiger partial charge on any atom is 0.317 e. The molecule has 1 atom stereocenters. The normalized spacial score (nSPS) is 16.2. The lowest BCUT2D eigenvalue weighted by Gasteiger charge is -2.28. The summed E-state index contributed by atoms with van der Waals surface area (Å²) in [5.74, 6) is 0.755. The minimum Gasteiger partial charge on any atom is -0.361 e. The molecule has 7 heteroatoms. The topological polar surface area (TPSA) is 61.6 Å². The summed E-state index contributed by atoms with van der Waals surface area (Å²) in [4.78, 5) is 17.8. The first-order valence-electron chi connectivity index (χ1n) is 8.32. The van der Waals surface area contributed by atoms with Crippen molar-refractivity contribution in [2.75, 3.05) is 26.7 Å². The number of thiophene rings is 1. The Bertz CT molecular complexity index is 649. The fourth-order valence-corrected chi connectivity index (χ4v) is 3.93. The van der Waals surface area contributed by atoms with E-state index in [9.17, 15) is 4.79 Å². The number of nitrogens with zero attached hydrogens (tertiary/aromatic N) is 3. The van der Waals surface area contributed by atoms with Crippen LogP contribution in [0.4, 0.5) is 4.79 Å². The summed E-state index contributed by atoms with van der Waals surface area (Å²) in [7, 11) is 1.77. The van der Waals surface area contributed by atoms with Gasteiger partial charge in [-0.1, -0.05) is 11.2 Å². The molecule has 0 radical (unpaired) electrons. The van der Waals surface area contributed by atoms with Gasteiger partial charge in [-0.25, -0.2) is 4.79 Å². The first kappa shape index (κ1) is 17.0. The first-order chi connectivity index (χ1) is 11.6. The minimum absolute atomic E-state index is 0.0867. The number of hydrogen-bond donors (Lipinski definition) is 1. The van der Waals surface area contributed by atoms with Crippen LogP contribution in [0.1, 0.15) is 35.2 Å². The van der Waals surface area contributed by atoms with Gasteiger partial charge in [0.15, 0.2) is 0 Å². The van der Waals surface area contributed by atoms with Crippen LogP contribution in [0.25, 0.3) is 0 Å². The van der Waals surface area contributed by atoms with Gasteiger partial charge in [-0.15, -0.1) is 11.3 Å². The van der Waals surface area contributed by atoms with E-state index in [2.05, 4.69) is 32.9 Å². The predicted octanol–water partition coefficient (Wildman–Crippen LogP) is 3.02. The number of aryl methyl sites for hydroxylation is 1. The van der Waals surface area contributed by atoms with Crippen molar-refractivity contribution in [3.8, 4) is 0 Å². The highest BCUT2D eigenvalue weighted by molar-refractivity contribution is 7.10. The van der Waals surface area contributed by atoms with E-state index in [0.29, 0.717) is 13.1 Å². The molecule has 24 heavy (non-hydrogen) atoms. The summed E-state index contributed by atoms with van der Waals surface area (Å²) in [5, 5.41) is 9.10. The van der Waals surface area contributed by atoms with Crippen molar-refractivity contribution in [3.63, 3.8) is 0 Å². The molecule has 0 spiro atoms. The zero-order chi connectivity index (χ0) is 16.9. The second kappa shape index (κ2) is 7.81. The highest BCUT2D eigenvalue weighted by Gasteiger charge is 2.25. The summed E-state index contributed by atoms with van der Waals surface area (Å²) in [6, 6.07) is 6.25. The van der Waals surface area contributed by atoms with Crippen LogP contribution in [0, 0.1) is 6.92 Å². The van der Waals surface area contributed by atoms with E-state index >= 15 is 0 Å². The molecule has 1 N–H and O–H groups in total. The van der Waals surface area contributed by atoms with Gasteiger partial charge in [0.1, 0.15) is 11.5 Å². The second-order valence-electron chi connectivity index (χ2n) is 6.25. The summed E-state index contributed by atoms with van der Waals surface area (Å²) in [6.07, 6.45) is 2.47. The van der Waals surface area contributed by atoms with E-state index < -0.39 is 0 Å². The van der Waals surface area contributed by atoms with Crippen LogP contribution < -0.4 is 5.32 Å². The molecule has 0 unspecified atom stereocenters. The molecule has 0 bridgehead atoms. The number of urea groups is 1. The van der Waals surface area contributed by atoms with Crippen molar-refractivity contribution in [1.29, 1.82) is 0 Å². The number of carbonyl (C=O) groups is 1. The fraction of sp³-hybridized carbons (Fsp3) is 0.529. The van der Waals surface area contributed by atoms with Gasteiger partial charge in [-0.2, -0.15) is 0 Å². The lowest BCUT2D eigenvalue weighted by molar-refractivity contribution is 0.195. The van der Waals surface area contributed by atoms with E-state index in [0.717, 1.165) is 24.5 Å². The number of carbonyl (C=O) groups excluding carboxylic acids is 1. The van der Waals surface area contributed by atoms with Gasteiger partial charge in [0.2, 0.25) is 0 Å². The van der Waals surface area contributed by atoms with Crippen LogP contribution in [0.5, 0.6) is 0 Å². The molecule has 3 heterocycles. The Labute approximate surface area is 146 Å². The van der Waals surface area contributed by atoms with Gasteiger partial charge in [-0.05, 0) is 44.3 Å². The smallest absolute Gasteiger partial charge is 0.317 e. The summed E-state index contributed by atoms with van der Waals surface area (Å²) in [6.45, 7) is 5.12. The molecule has 0 saturated carbocycles. The quantitative estimate of drug-likeness (QED) is 0.872. The maximum atomic E-state index is 12.4. The Morgan fingerprint density at radius 3 is 2.92 bits per heavy atom. The molecular weight excluding hydrogens is 324 g/mol. The van der Waals surface area contributed by atoms with Crippen molar-refractivity contribution in [2.45, 2.75) is 32.4 Å². The molecule has 3 rings (SSSR count). The van der Waals surface area contributed by atoms with E-state index in [-0.39, 0.29) is 12.1 Å². The third kappa shape index (κ3) is 4.15. The Kier molecular flexibility index (Phi) is 5.52. The minimum atomic E-state index is -0.0867. The summed E-state index contributed by atoms with van der Waals surface area (Å²) in [5.41, 5.74) is 0.763. The van der Waals surface area contributed by atoms with Crippen LogP contribution in [0.15, 0.2) is 28.1 Å². The van der Waals surface area contributed by atoms with Crippen molar-refractivity contribution < 1.29 is 9.32 Å². The lowest BCUT2D eigenvalue weighted by Crippen LogP contribution is -2.42. The number of aromatic nitrogens is 1. The number of likely N-dealkylation sites (tertiary alicyclic amines) is 1. The Hall–Kier alpha value is -1.86. The Morgan fingerprint density at radius 2 is 2.29 bits per heavy atom. The number of nitrogens with one attached hydrogen (secondary N) is 1. The molecule has 0 aromatic carbocycles. The van der Waals surface area contributed by atoms with Crippen molar-refractivity contribution in [3.05, 3.63) is 39.9 Å². The fourth-order valence-electron chi connectivity index (χ4n) is 3.07. The standard InChI is InChI=1S/C17H24N4O2S/c1-13-10-14(19-23-13)12-20(2)17(22)18-11-15(16-6-5-9-24-16)21-7-3-4-8-21/h5-6,9-10,15H,3-4,7-8,11-12H2,1-2H3,(H,18,22)/t15-/m1/s1. The molecule has 1 aliphatic heterocycles. The van der Waals surface area contributed by atoms with Gasteiger partial charge >= 0.3 is 6.03 Å². The summed E-state index contributed by atoms with van der Waals surface area (Å²) >= 11 is 1.75. The molecule has 1 fully saturated rings. The first-order valence-corrected chi connectivity index (χ1v) is 9.20. The van der Waals surface area contributed by atoms with Crippen LogP contribution in [0.2, 0.25) is 0 Å². The van der Waals surface area contributed by atoms with Crippen molar-refractivity contribution >= 4 is 17.4 Å². The van der Waals surface area contributed by atoms with Crippen LogP contribution in [0.3, 0.4) is 0 Å². The van der Waals surface area contributed by atoms with Crippen molar-refractivity contribution in [2.24, 2.45) is 0 Å². The zero-order valence-corrected chi connectivity index (χ0v) is 15.0. The van der Waals surface area contributed by atoms with E-state index in [1.165, 1.54) is 17.7 Å². The van der Waals surface area contributed by atoms with E-state index in [1.54, 1.807) is 23.3 Å². The molecular formula is C17H24N4O2S. The SMILES string of the molecule is Cc1cc(CN(C)C(=O)NC[C@H](c2cccs2)N2CCCC2)no1. The summed E-state index contributed by atoms with van der Waals surface area (Å²) < 4.78 is 5.05. The van der Waals surface area contributed by atoms with E-state index in [1.807, 2.05) is 13.0 Å². The molecule has 0 aliphatic carbocycles. The highest BCUT2D eigenvalue weighted by Crippen LogP contribution is 2.27. The lowest BCUT2D eigenvalue weighted by atomic mass is 10.2. The number of rotatable bonds is 6. The maximum absolute atomic E-state index is 12.4. The average molecular weight is 348 g/mol. The zero-order valence-electron chi connectivity index (χ0n) is 14.2. The average Bonchev–Trinajstić information content (AvgIpc) is 3.30. The molecule has 2 aromatic heterocycles. The van der Waals surface area contributed by atoms with Gasteiger partial charge < -0.3 is 14.7 Å². The Balaban J connectivity index is 1.56. The van der Waals surface area contributed by atoms with Crippen molar-refractivity contribution in [1.82, 2.24) is 20.3 Å². The largest absolute Gasteiger partial charge is 0.361 e. The molecule has 2 amide bonds. The number of amides is 2. The molecule has 1 aliphatic rings. The van der Waals surface area contributed by atoms with Crippen LogP contribution in [-0.2, 0) is 6.54 Å². The van der Waals surface area contributed by atoms with Gasteiger partial charge in [0.05, 0.1) is 12.6 Å². The Morgan fingerprint density at radius 1 is 1.50 bits per heavy atom. The molecule has 6 nitrogen and oxygen atoms in total. The second-order valence-corrected chi connectivity index (χ2v) is 7.22. The third-order valence-electron chi connectivity index (χ3n) is 4.32. The predicted molar refractivity (Wildman–Crippen MR) is 94.0 cm³/mol. The molecule has 130 valence electrons. The van der Waals surface area contributed by atoms with Crippen LogP contribution >= 0.6 is 11.3 Å².